The molecule has 0 aromatic heterocycles. The summed E-state index contributed by atoms with van der Waals surface area (Å²) in [5.74, 6) is -1.00. The largest absolute Gasteiger partial charge is 0.490 e. The number of rotatable bonds is 9. The topological polar surface area (TPSA) is 93.1 Å². The molecule has 0 fully saturated rings. The number of carbonyl (C=O) groups excluding carboxylic acids is 2. The molecule has 240 valence electrons. The highest BCUT2D eigenvalue weighted by molar-refractivity contribution is 6.35. The van der Waals surface area contributed by atoms with Gasteiger partial charge in [-0.3, -0.25) is 14.4 Å². The van der Waals surface area contributed by atoms with Crippen molar-refractivity contribution in [3.05, 3.63) is 79.1 Å². The average Bonchev–Trinajstić information content (AvgIpc) is 2.90. The van der Waals surface area contributed by atoms with Crippen molar-refractivity contribution in [1.82, 2.24) is 4.90 Å². The number of aliphatic carboxylic acids is 1. The van der Waals surface area contributed by atoms with Gasteiger partial charge in [-0.25, -0.2) is 0 Å². The van der Waals surface area contributed by atoms with Gasteiger partial charge in [-0.1, -0.05) is 68.6 Å². The maximum Gasteiger partial charge on any atom is 0.305 e. The number of carboxylic acid groups (broad SMARTS) is 1. The molecular weight excluding hydrogens is 637 g/mol. The summed E-state index contributed by atoms with van der Waals surface area (Å²) in [5, 5.41) is 10.9. The second-order valence-electron chi connectivity index (χ2n) is 13.6. The first-order valence-electron chi connectivity index (χ1n) is 15.2. The number of halogens is 3. The molecule has 2 aliphatic carbocycles. The first kappa shape index (κ1) is 33.4. The Labute approximate surface area is 279 Å². The normalized spacial score (nSPS) is 19.4. The molecule has 1 N–H and O–H groups in total. The summed E-state index contributed by atoms with van der Waals surface area (Å²) in [6.07, 6.45) is 1.65. The molecule has 7 nitrogen and oxygen atoms in total. The van der Waals surface area contributed by atoms with Gasteiger partial charge in [-0.05, 0) is 60.4 Å². The van der Waals surface area contributed by atoms with Gasteiger partial charge in [0.05, 0.1) is 18.1 Å². The van der Waals surface area contributed by atoms with E-state index in [1.807, 2.05) is 39.5 Å². The Morgan fingerprint density at radius 3 is 2.02 bits per heavy atom. The molecule has 1 aliphatic heterocycles. The highest BCUT2D eigenvalue weighted by Crippen LogP contribution is 2.55. The minimum absolute atomic E-state index is 0.0532. The number of Topliss-reactive ketones (excluding diaryl/α,β-unsaturated/α-hetero) is 2. The second kappa shape index (κ2) is 12.7. The van der Waals surface area contributed by atoms with Crippen LogP contribution in [-0.4, -0.2) is 40.7 Å². The molecule has 0 spiro atoms. The number of benzene rings is 2. The lowest BCUT2D eigenvalue weighted by Crippen LogP contribution is -2.45. The van der Waals surface area contributed by atoms with Crippen molar-refractivity contribution < 1.29 is 29.0 Å². The van der Waals surface area contributed by atoms with Crippen molar-refractivity contribution in [1.29, 1.82) is 0 Å². The summed E-state index contributed by atoms with van der Waals surface area (Å²) in [6.45, 7) is 10.6. The van der Waals surface area contributed by atoms with E-state index in [4.69, 9.17) is 44.3 Å². The number of hydrogen-bond donors (Lipinski definition) is 1. The van der Waals surface area contributed by atoms with E-state index in [0.29, 0.717) is 76.1 Å². The lowest BCUT2D eigenvalue weighted by atomic mass is 9.63. The molecule has 10 heteroatoms. The van der Waals surface area contributed by atoms with Crippen LogP contribution in [0.25, 0.3) is 0 Å². The van der Waals surface area contributed by atoms with E-state index in [2.05, 4.69) is 0 Å². The summed E-state index contributed by atoms with van der Waals surface area (Å²) >= 11 is 19.3. The Hall–Kier alpha value is -3.00. The van der Waals surface area contributed by atoms with Gasteiger partial charge in [0.25, 0.3) is 0 Å². The highest BCUT2D eigenvalue weighted by Gasteiger charge is 2.49. The van der Waals surface area contributed by atoms with E-state index >= 15 is 0 Å². The summed E-state index contributed by atoms with van der Waals surface area (Å²) in [5.41, 5.74) is 3.36. The molecule has 45 heavy (non-hydrogen) atoms. The number of nitrogens with zero attached hydrogens (tertiary/aromatic N) is 1. The van der Waals surface area contributed by atoms with Crippen LogP contribution in [0, 0.1) is 10.8 Å². The Morgan fingerprint density at radius 2 is 1.49 bits per heavy atom. The van der Waals surface area contributed by atoms with Gasteiger partial charge >= 0.3 is 5.97 Å². The van der Waals surface area contributed by atoms with Crippen molar-refractivity contribution in [2.75, 3.05) is 13.2 Å². The Morgan fingerprint density at radius 1 is 0.889 bits per heavy atom. The molecule has 0 saturated heterocycles. The van der Waals surface area contributed by atoms with E-state index in [9.17, 15) is 19.5 Å². The van der Waals surface area contributed by atoms with Crippen LogP contribution in [0.15, 0.2) is 52.9 Å². The summed E-state index contributed by atoms with van der Waals surface area (Å²) < 4.78 is 12.2. The van der Waals surface area contributed by atoms with Crippen molar-refractivity contribution in [2.24, 2.45) is 10.8 Å². The molecule has 2 aromatic carbocycles. The zero-order chi connectivity index (χ0) is 32.8. The SMILES string of the molecule is CCOc1cc(C2C3=C(CC(C)(C)CC3=O)N(CCC(=O)O)C3=C2C(=O)CC(C)(C)C3)cc(Cl)c1OCc1ccc(Cl)cc1Cl. The number of carboxylic acids is 1. The van der Waals surface area contributed by atoms with Crippen LogP contribution < -0.4 is 9.47 Å². The first-order chi connectivity index (χ1) is 21.1. The van der Waals surface area contributed by atoms with E-state index in [0.717, 1.165) is 11.4 Å². The van der Waals surface area contributed by atoms with E-state index in [-0.39, 0.29) is 47.0 Å². The van der Waals surface area contributed by atoms with Crippen LogP contribution in [0.2, 0.25) is 15.1 Å². The van der Waals surface area contributed by atoms with Crippen molar-refractivity contribution >= 4 is 52.3 Å². The van der Waals surface area contributed by atoms with Crippen LogP contribution in [0.1, 0.15) is 83.8 Å². The zero-order valence-corrected chi connectivity index (χ0v) is 28.5. The fraction of sp³-hybridized carbons (Fsp3) is 0.457. The summed E-state index contributed by atoms with van der Waals surface area (Å²) in [4.78, 5) is 41.8. The van der Waals surface area contributed by atoms with Crippen LogP contribution in [0.5, 0.6) is 11.5 Å². The van der Waals surface area contributed by atoms with Gasteiger partial charge in [0, 0.05) is 63.5 Å². The number of ether oxygens (including phenoxy) is 2. The Kier molecular flexibility index (Phi) is 9.38. The maximum absolute atomic E-state index is 14.1. The van der Waals surface area contributed by atoms with Crippen LogP contribution in [-0.2, 0) is 21.0 Å². The van der Waals surface area contributed by atoms with E-state index in [1.165, 1.54) is 0 Å². The average molecular weight is 675 g/mol. The fourth-order valence-corrected chi connectivity index (χ4v) is 7.54. The Balaban J connectivity index is 1.67. The van der Waals surface area contributed by atoms with Crippen LogP contribution in [0.3, 0.4) is 0 Å². The smallest absolute Gasteiger partial charge is 0.305 e. The monoisotopic (exact) mass is 673 g/mol. The van der Waals surface area contributed by atoms with E-state index < -0.39 is 11.9 Å². The lowest BCUT2D eigenvalue weighted by molar-refractivity contribution is -0.137. The van der Waals surface area contributed by atoms with Gasteiger partial charge < -0.3 is 19.5 Å². The quantitative estimate of drug-likeness (QED) is 0.284. The number of carbonyl (C=O) groups is 3. The molecule has 5 rings (SSSR count). The lowest BCUT2D eigenvalue weighted by Gasteiger charge is -2.49. The molecule has 0 atom stereocenters. The van der Waals surface area contributed by atoms with Crippen molar-refractivity contribution in [2.45, 2.75) is 79.2 Å². The molecule has 0 amide bonds. The zero-order valence-electron chi connectivity index (χ0n) is 26.2. The molecule has 2 aromatic rings. The summed E-state index contributed by atoms with van der Waals surface area (Å²) in [7, 11) is 0. The van der Waals surface area contributed by atoms with Gasteiger partial charge in [0.2, 0.25) is 0 Å². The molecule has 0 bridgehead atoms. The maximum atomic E-state index is 14.1. The Bertz CT molecular complexity index is 1590. The number of allylic oxidation sites excluding steroid dienone is 4. The predicted octanol–water partition coefficient (Wildman–Crippen LogP) is 8.78. The third-order valence-electron chi connectivity index (χ3n) is 8.62. The number of ketones is 2. The molecular formula is C35H38Cl3NO6. The van der Waals surface area contributed by atoms with Crippen molar-refractivity contribution in [3.8, 4) is 11.5 Å². The third-order valence-corrected chi connectivity index (χ3v) is 9.49. The van der Waals surface area contributed by atoms with Gasteiger partial charge in [-0.15, -0.1) is 0 Å². The van der Waals surface area contributed by atoms with Crippen molar-refractivity contribution in [3.63, 3.8) is 0 Å². The van der Waals surface area contributed by atoms with Gasteiger partial charge in [0.1, 0.15) is 6.61 Å². The van der Waals surface area contributed by atoms with Crippen LogP contribution in [0.4, 0.5) is 0 Å². The molecule has 1 heterocycles. The molecule has 3 aliphatic rings. The minimum atomic E-state index is -0.937. The standard InChI is InChI=1S/C35H38Cl3NO6/c1-6-44-28-12-20(11-23(38)33(28)45-18-19-7-8-21(36)13-22(19)37)30-31-24(14-34(2,3)16-26(31)40)39(10-9-29(42)43)25-15-35(4,5)17-27(41)32(25)30/h7-8,11-13,30H,6,9-10,14-18H2,1-5H3,(H,42,43). The summed E-state index contributed by atoms with van der Waals surface area (Å²) in [6, 6.07) is 8.70. The van der Waals surface area contributed by atoms with E-state index in [1.54, 1.807) is 30.3 Å². The molecule has 0 unspecified atom stereocenters. The third kappa shape index (κ3) is 6.91. The second-order valence-corrected chi connectivity index (χ2v) is 14.9. The predicted molar refractivity (Wildman–Crippen MR) is 175 cm³/mol. The van der Waals surface area contributed by atoms with Gasteiger partial charge in [-0.2, -0.15) is 0 Å². The first-order valence-corrected chi connectivity index (χ1v) is 16.3. The fourth-order valence-electron chi connectivity index (χ4n) is 6.80. The molecule has 0 saturated carbocycles. The minimum Gasteiger partial charge on any atom is -0.490 e. The molecule has 0 radical (unpaired) electrons. The van der Waals surface area contributed by atoms with Crippen LogP contribution >= 0.6 is 34.8 Å². The number of hydrogen-bond acceptors (Lipinski definition) is 6. The van der Waals surface area contributed by atoms with Gasteiger partial charge in [0.15, 0.2) is 23.1 Å². The highest BCUT2D eigenvalue weighted by atomic mass is 35.5.